The Morgan fingerprint density at radius 3 is 2.44 bits per heavy atom. The molecule has 0 bridgehead atoms. The largest absolute Gasteiger partial charge is 0.380 e. The second kappa shape index (κ2) is 5.46. The maximum atomic E-state index is 5.67. The zero-order valence-electron chi connectivity index (χ0n) is 15.6. The van der Waals surface area contributed by atoms with Gasteiger partial charge in [-0.2, -0.15) is 0 Å². The summed E-state index contributed by atoms with van der Waals surface area (Å²) in [6, 6.07) is 25.0. The number of nitrogens with zero attached hydrogens (tertiary/aromatic N) is 1. The summed E-state index contributed by atoms with van der Waals surface area (Å²) in [5.41, 5.74) is 4.60. The van der Waals surface area contributed by atoms with Gasteiger partial charge in [-0.1, -0.05) is 48.5 Å². The second-order valence-electron chi connectivity index (χ2n) is 8.49. The molecule has 0 radical (unpaired) electrons. The molecule has 1 spiro atoms. The van der Waals surface area contributed by atoms with E-state index in [0.29, 0.717) is 17.3 Å². The number of ether oxygens (including phenoxy) is 1. The van der Waals surface area contributed by atoms with Crippen LogP contribution in [0.15, 0.2) is 72.9 Å². The van der Waals surface area contributed by atoms with Crippen molar-refractivity contribution in [1.29, 1.82) is 0 Å². The summed E-state index contributed by atoms with van der Waals surface area (Å²) in [5, 5.41) is 4.01. The smallest absolute Gasteiger partial charge is 0.0551 e. The minimum Gasteiger partial charge on any atom is -0.380 e. The van der Waals surface area contributed by atoms with Gasteiger partial charge in [0.15, 0.2) is 0 Å². The van der Waals surface area contributed by atoms with Crippen molar-refractivity contribution in [2.75, 3.05) is 13.2 Å². The quantitative estimate of drug-likeness (QED) is 0.456. The van der Waals surface area contributed by atoms with E-state index in [1.807, 2.05) is 0 Å². The van der Waals surface area contributed by atoms with Gasteiger partial charge in [-0.3, -0.25) is 0 Å². The van der Waals surface area contributed by atoms with Crippen molar-refractivity contribution in [3.8, 4) is 0 Å². The van der Waals surface area contributed by atoms with E-state index in [1.165, 1.54) is 39.2 Å². The number of aromatic nitrogens is 1. The second-order valence-corrected chi connectivity index (χ2v) is 8.49. The number of aryl methyl sites for hydroxylation is 1. The Kier molecular flexibility index (Phi) is 3.13. The monoisotopic (exact) mass is 353 g/mol. The number of hydrogen-bond acceptors (Lipinski definition) is 1. The molecule has 2 fully saturated rings. The van der Waals surface area contributed by atoms with Gasteiger partial charge >= 0.3 is 0 Å². The average molecular weight is 353 g/mol. The van der Waals surface area contributed by atoms with Crippen LogP contribution in [0.2, 0.25) is 0 Å². The first-order valence-electron chi connectivity index (χ1n) is 9.85. The molecule has 2 unspecified atom stereocenters. The van der Waals surface area contributed by atoms with Crippen molar-refractivity contribution in [1.82, 2.24) is 4.57 Å². The average Bonchev–Trinajstić information content (AvgIpc) is 3.00. The van der Waals surface area contributed by atoms with Gasteiger partial charge in [-0.05, 0) is 57.8 Å². The van der Waals surface area contributed by atoms with Crippen molar-refractivity contribution in [3.05, 3.63) is 84.1 Å². The molecule has 1 saturated carbocycles. The number of rotatable bonds is 2. The maximum absolute atomic E-state index is 5.67. The highest BCUT2D eigenvalue weighted by Gasteiger charge is 2.58. The summed E-state index contributed by atoms with van der Waals surface area (Å²) in [4.78, 5) is 0. The van der Waals surface area contributed by atoms with E-state index in [2.05, 4.69) is 84.5 Å². The fourth-order valence-electron chi connectivity index (χ4n) is 5.44. The molecule has 1 aliphatic carbocycles. The number of hydrogen-bond donors (Lipinski definition) is 0. The molecule has 2 heterocycles. The van der Waals surface area contributed by atoms with Crippen molar-refractivity contribution < 1.29 is 4.74 Å². The molecule has 3 aromatic carbocycles. The lowest BCUT2D eigenvalue weighted by Crippen LogP contribution is -2.57. The van der Waals surface area contributed by atoms with Gasteiger partial charge in [0.2, 0.25) is 0 Å². The van der Waals surface area contributed by atoms with E-state index in [-0.39, 0.29) is 0 Å². The minimum absolute atomic E-state index is 0.346. The first kappa shape index (κ1) is 15.5. The van der Waals surface area contributed by atoms with Gasteiger partial charge < -0.3 is 9.30 Å². The van der Waals surface area contributed by atoms with Crippen LogP contribution in [0.25, 0.3) is 21.7 Å². The third-order valence-electron chi connectivity index (χ3n) is 6.94. The molecule has 0 N–H and O–H groups in total. The van der Waals surface area contributed by atoms with Crippen LogP contribution in [-0.2, 0) is 11.8 Å². The van der Waals surface area contributed by atoms with Crippen LogP contribution in [0.5, 0.6) is 0 Å². The summed E-state index contributed by atoms with van der Waals surface area (Å²) < 4.78 is 7.87. The van der Waals surface area contributed by atoms with Crippen LogP contribution >= 0.6 is 0 Å². The molecule has 2 aliphatic rings. The van der Waals surface area contributed by atoms with E-state index in [9.17, 15) is 0 Å². The highest BCUT2D eigenvalue weighted by Crippen LogP contribution is 2.64. The number of benzene rings is 3. The third kappa shape index (κ3) is 2.17. The molecule has 2 atom stereocenters. The van der Waals surface area contributed by atoms with Gasteiger partial charge in [0.1, 0.15) is 0 Å². The Morgan fingerprint density at radius 2 is 1.63 bits per heavy atom. The molecule has 27 heavy (non-hydrogen) atoms. The Hall–Kier alpha value is -2.58. The standard InChI is InChI=1S/C25H23NO/c1-26-11-10-20-13-19(8-9-23(20)26)22-14-25(15-27-16-25)24(22)21-7-6-17-4-2-3-5-18(17)12-21/h2-13,22,24H,14-16H2,1H3. The molecule has 4 aromatic rings. The van der Waals surface area contributed by atoms with E-state index in [0.717, 1.165) is 13.2 Å². The Balaban J connectivity index is 1.44. The summed E-state index contributed by atoms with van der Waals surface area (Å²) in [5.74, 6) is 1.14. The summed E-state index contributed by atoms with van der Waals surface area (Å²) in [6.45, 7) is 1.82. The highest BCUT2D eigenvalue weighted by atomic mass is 16.5. The zero-order valence-corrected chi connectivity index (χ0v) is 15.6. The molecule has 1 aromatic heterocycles. The highest BCUT2D eigenvalue weighted by molar-refractivity contribution is 5.83. The minimum atomic E-state index is 0.346. The molecule has 0 amide bonds. The van der Waals surface area contributed by atoms with Crippen LogP contribution in [0, 0.1) is 5.41 Å². The summed E-state index contributed by atoms with van der Waals surface area (Å²) in [6.07, 6.45) is 3.39. The lowest BCUT2D eigenvalue weighted by Gasteiger charge is -2.60. The topological polar surface area (TPSA) is 14.2 Å². The molecule has 1 aliphatic heterocycles. The van der Waals surface area contributed by atoms with Crippen molar-refractivity contribution in [2.45, 2.75) is 18.3 Å². The first-order chi connectivity index (χ1) is 13.2. The molecule has 6 rings (SSSR count). The lowest BCUT2D eigenvalue weighted by molar-refractivity contribution is -0.180. The zero-order chi connectivity index (χ0) is 18.0. The fraction of sp³-hybridized carbons (Fsp3) is 0.280. The molecular weight excluding hydrogens is 330 g/mol. The molecule has 1 saturated heterocycles. The first-order valence-corrected chi connectivity index (χ1v) is 9.85. The fourth-order valence-corrected chi connectivity index (χ4v) is 5.44. The Morgan fingerprint density at radius 1 is 0.852 bits per heavy atom. The van der Waals surface area contributed by atoms with Gasteiger partial charge in [0, 0.05) is 30.1 Å². The van der Waals surface area contributed by atoms with E-state index in [4.69, 9.17) is 4.74 Å². The van der Waals surface area contributed by atoms with Crippen molar-refractivity contribution in [2.24, 2.45) is 12.5 Å². The number of fused-ring (bicyclic) bond motifs is 2. The van der Waals surface area contributed by atoms with Crippen LogP contribution in [0.4, 0.5) is 0 Å². The van der Waals surface area contributed by atoms with E-state index < -0.39 is 0 Å². The van der Waals surface area contributed by atoms with Crippen LogP contribution in [-0.4, -0.2) is 17.8 Å². The van der Waals surface area contributed by atoms with Gasteiger partial charge in [-0.15, -0.1) is 0 Å². The summed E-state index contributed by atoms with van der Waals surface area (Å²) in [7, 11) is 2.12. The molecular formula is C25H23NO. The Bertz CT molecular complexity index is 1170. The van der Waals surface area contributed by atoms with Crippen molar-refractivity contribution >= 4 is 21.7 Å². The predicted molar refractivity (Wildman–Crippen MR) is 110 cm³/mol. The molecule has 2 nitrogen and oxygen atoms in total. The van der Waals surface area contributed by atoms with E-state index in [1.54, 1.807) is 0 Å². The van der Waals surface area contributed by atoms with Crippen LogP contribution < -0.4 is 0 Å². The predicted octanol–water partition coefficient (Wildman–Crippen LogP) is 5.62. The lowest BCUT2D eigenvalue weighted by atomic mass is 9.49. The molecule has 134 valence electrons. The van der Waals surface area contributed by atoms with Crippen LogP contribution in [0.1, 0.15) is 29.4 Å². The SMILES string of the molecule is Cn1ccc2cc(C3CC4(COC4)C3c3ccc4ccccc4c3)ccc21. The molecule has 2 heteroatoms. The van der Waals surface area contributed by atoms with Crippen molar-refractivity contribution in [3.63, 3.8) is 0 Å². The summed E-state index contributed by atoms with van der Waals surface area (Å²) >= 11 is 0. The van der Waals surface area contributed by atoms with Gasteiger partial charge in [-0.25, -0.2) is 0 Å². The van der Waals surface area contributed by atoms with Crippen LogP contribution in [0.3, 0.4) is 0 Å². The Labute approximate surface area is 159 Å². The van der Waals surface area contributed by atoms with Gasteiger partial charge in [0.05, 0.1) is 13.2 Å². The van der Waals surface area contributed by atoms with E-state index >= 15 is 0 Å². The normalized spacial score (nSPS) is 23.4. The maximum Gasteiger partial charge on any atom is 0.0551 e. The van der Waals surface area contributed by atoms with Gasteiger partial charge in [0.25, 0.3) is 0 Å². The third-order valence-corrected chi connectivity index (χ3v) is 6.94.